The molecule has 0 aliphatic carbocycles. The van der Waals surface area contributed by atoms with Gasteiger partial charge in [-0.2, -0.15) is 0 Å². The molecule has 0 unspecified atom stereocenters. The molecule has 1 aliphatic rings. The first-order valence-electron chi connectivity index (χ1n) is 8.29. The van der Waals surface area contributed by atoms with Gasteiger partial charge in [-0.25, -0.2) is 4.79 Å². The van der Waals surface area contributed by atoms with Gasteiger partial charge in [-0.3, -0.25) is 4.79 Å². The number of ether oxygens (including phenoxy) is 1. The Morgan fingerprint density at radius 3 is 2.72 bits per heavy atom. The van der Waals surface area contributed by atoms with Crippen molar-refractivity contribution in [2.45, 2.75) is 12.3 Å². The van der Waals surface area contributed by atoms with Gasteiger partial charge in [-0.1, -0.05) is 18.2 Å². The summed E-state index contributed by atoms with van der Waals surface area (Å²) in [6, 6.07) is 10.9. The lowest BCUT2D eigenvalue weighted by atomic mass is 9.93. The lowest BCUT2D eigenvalue weighted by Gasteiger charge is -2.26. The molecule has 1 aromatic carbocycles. The molecule has 2 aromatic rings. The quantitative estimate of drug-likeness (QED) is 0.698. The second-order valence-corrected chi connectivity index (χ2v) is 5.74. The molecule has 1 atom stereocenters. The van der Waals surface area contributed by atoms with Crippen molar-refractivity contribution in [2.24, 2.45) is 0 Å². The summed E-state index contributed by atoms with van der Waals surface area (Å²) in [4.78, 5) is 23.5. The first kappa shape index (κ1) is 16.9. The highest BCUT2D eigenvalue weighted by atomic mass is 16.5. The van der Waals surface area contributed by atoms with Crippen molar-refractivity contribution in [1.29, 1.82) is 0 Å². The van der Waals surface area contributed by atoms with E-state index < -0.39 is 0 Å². The van der Waals surface area contributed by atoms with Crippen LogP contribution in [0.15, 0.2) is 47.1 Å². The Bertz CT molecular complexity index is 715. The Morgan fingerprint density at radius 1 is 1.04 bits per heavy atom. The van der Waals surface area contributed by atoms with Crippen molar-refractivity contribution in [3.05, 3.63) is 54.0 Å². The molecule has 7 heteroatoms. The molecule has 3 N–H and O–H groups in total. The highest BCUT2D eigenvalue weighted by Crippen LogP contribution is 2.32. The Morgan fingerprint density at radius 2 is 1.88 bits per heavy atom. The Labute approximate surface area is 145 Å². The molecule has 0 radical (unpaired) electrons. The maximum absolute atomic E-state index is 11.9. The summed E-state index contributed by atoms with van der Waals surface area (Å²) in [6.45, 7) is 1.87. The molecule has 132 valence electrons. The molecule has 25 heavy (non-hydrogen) atoms. The van der Waals surface area contributed by atoms with Gasteiger partial charge in [0.2, 0.25) is 0 Å². The fraction of sp³-hybridized carbons (Fsp3) is 0.333. The van der Waals surface area contributed by atoms with Crippen molar-refractivity contribution >= 4 is 11.9 Å². The fourth-order valence-corrected chi connectivity index (χ4v) is 2.75. The molecule has 0 fully saturated rings. The predicted octanol–water partition coefficient (Wildman–Crippen LogP) is 1.87. The van der Waals surface area contributed by atoms with E-state index in [-0.39, 0.29) is 23.6 Å². The monoisotopic (exact) mass is 343 g/mol. The smallest absolute Gasteiger partial charge is 0.314 e. The minimum atomic E-state index is -0.300. The third kappa shape index (κ3) is 4.53. The molecule has 0 bridgehead atoms. The van der Waals surface area contributed by atoms with Gasteiger partial charge in [0.05, 0.1) is 12.9 Å². The highest BCUT2D eigenvalue weighted by molar-refractivity contribution is 5.91. The number of furan rings is 1. The summed E-state index contributed by atoms with van der Waals surface area (Å²) in [7, 11) is 0. The number of hydrogen-bond acceptors (Lipinski definition) is 4. The molecule has 2 heterocycles. The zero-order valence-corrected chi connectivity index (χ0v) is 13.8. The maximum atomic E-state index is 11.9. The van der Waals surface area contributed by atoms with Crippen molar-refractivity contribution < 1.29 is 18.7 Å². The van der Waals surface area contributed by atoms with Gasteiger partial charge in [0.25, 0.3) is 5.91 Å². The van der Waals surface area contributed by atoms with Crippen LogP contribution in [0.25, 0.3) is 0 Å². The molecular formula is C18H21N3O4. The Kier molecular flexibility index (Phi) is 5.56. The van der Waals surface area contributed by atoms with E-state index in [0.29, 0.717) is 26.2 Å². The van der Waals surface area contributed by atoms with Crippen LogP contribution < -0.4 is 20.7 Å². The SMILES string of the molecule is O=C(NCCNC(=O)c1ccco1)NC[C@H]1CCOc2ccccc21. The van der Waals surface area contributed by atoms with Gasteiger partial charge >= 0.3 is 6.03 Å². The summed E-state index contributed by atoms with van der Waals surface area (Å²) in [6.07, 6.45) is 2.31. The van der Waals surface area contributed by atoms with Gasteiger partial charge in [0.1, 0.15) is 5.75 Å². The van der Waals surface area contributed by atoms with Crippen LogP contribution in [0.5, 0.6) is 5.75 Å². The van der Waals surface area contributed by atoms with E-state index in [4.69, 9.17) is 9.15 Å². The van der Waals surface area contributed by atoms with Crippen LogP contribution in [-0.4, -0.2) is 38.2 Å². The first-order chi connectivity index (χ1) is 12.2. The van der Waals surface area contributed by atoms with Crippen molar-refractivity contribution in [2.75, 3.05) is 26.2 Å². The number of amides is 3. The van der Waals surface area contributed by atoms with E-state index in [1.54, 1.807) is 12.1 Å². The summed E-state index contributed by atoms with van der Waals surface area (Å²) in [5.41, 5.74) is 1.12. The third-order valence-electron chi connectivity index (χ3n) is 4.03. The molecular weight excluding hydrogens is 322 g/mol. The van der Waals surface area contributed by atoms with Crippen molar-refractivity contribution in [1.82, 2.24) is 16.0 Å². The number of benzene rings is 1. The lowest BCUT2D eigenvalue weighted by molar-refractivity contribution is 0.0926. The first-order valence-corrected chi connectivity index (χ1v) is 8.29. The van der Waals surface area contributed by atoms with E-state index in [2.05, 4.69) is 16.0 Å². The number of hydrogen-bond donors (Lipinski definition) is 3. The van der Waals surface area contributed by atoms with Crippen LogP contribution >= 0.6 is 0 Å². The summed E-state index contributed by atoms with van der Waals surface area (Å²) >= 11 is 0. The van der Waals surface area contributed by atoms with Gasteiger partial charge in [-0.05, 0) is 30.2 Å². The standard InChI is InChI=1S/C18H21N3O4/c22-17(16-6-3-10-24-16)19-8-9-20-18(23)21-12-13-7-11-25-15-5-2-1-4-14(13)15/h1-6,10,13H,7-9,11-12H2,(H,19,22)(H2,20,21,23)/t13-/m1/s1. The summed E-state index contributed by atoms with van der Waals surface area (Å²) in [5, 5.41) is 8.26. The molecule has 3 rings (SSSR count). The zero-order valence-electron chi connectivity index (χ0n) is 13.8. The Hall–Kier alpha value is -2.96. The average Bonchev–Trinajstić information content (AvgIpc) is 3.18. The molecule has 1 aliphatic heterocycles. The van der Waals surface area contributed by atoms with Crippen LogP contribution in [0.2, 0.25) is 0 Å². The van der Waals surface area contributed by atoms with Crippen LogP contribution in [0.3, 0.4) is 0 Å². The predicted molar refractivity (Wildman–Crippen MR) is 91.7 cm³/mol. The Balaban J connectivity index is 1.36. The van der Waals surface area contributed by atoms with Gasteiger partial charge < -0.3 is 25.1 Å². The van der Waals surface area contributed by atoms with E-state index in [1.165, 1.54) is 6.26 Å². The van der Waals surface area contributed by atoms with Crippen molar-refractivity contribution in [3.8, 4) is 5.75 Å². The molecule has 3 amide bonds. The van der Waals surface area contributed by atoms with Gasteiger partial charge in [0.15, 0.2) is 5.76 Å². The largest absolute Gasteiger partial charge is 0.493 e. The molecule has 0 saturated carbocycles. The van der Waals surface area contributed by atoms with Crippen LogP contribution in [0, 0.1) is 0 Å². The third-order valence-corrected chi connectivity index (χ3v) is 4.03. The normalized spacial score (nSPS) is 15.6. The number of fused-ring (bicyclic) bond motifs is 1. The second-order valence-electron chi connectivity index (χ2n) is 5.74. The molecule has 0 spiro atoms. The van der Waals surface area contributed by atoms with E-state index in [1.807, 2.05) is 24.3 Å². The fourth-order valence-electron chi connectivity index (χ4n) is 2.75. The second kappa shape index (κ2) is 8.23. The summed E-state index contributed by atoms with van der Waals surface area (Å²) < 4.78 is 10.6. The number of para-hydroxylation sites is 1. The lowest BCUT2D eigenvalue weighted by Crippen LogP contribution is -2.42. The van der Waals surface area contributed by atoms with Crippen LogP contribution in [0.4, 0.5) is 4.79 Å². The van der Waals surface area contributed by atoms with E-state index in [0.717, 1.165) is 17.7 Å². The number of rotatable bonds is 6. The molecule has 1 aromatic heterocycles. The minimum absolute atomic E-state index is 0.245. The molecule has 0 saturated heterocycles. The maximum Gasteiger partial charge on any atom is 0.314 e. The van der Waals surface area contributed by atoms with E-state index in [9.17, 15) is 9.59 Å². The number of urea groups is 1. The van der Waals surface area contributed by atoms with Crippen LogP contribution in [-0.2, 0) is 0 Å². The topological polar surface area (TPSA) is 92.6 Å². The van der Waals surface area contributed by atoms with Crippen LogP contribution in [0.1, 0.15) is 28.5 Å². The summed E-state index contributed by atoms with van der Waals surface area (Å²) in [5.74, 6) is 1.09. The zero-order chi connectivity index (χ0) is 17.5. The van der Waals surface area contributed by atoms with Crippen molar-refractivity contribution in [3.63, 3.8) is 0 Å². The minimum Gasteiger partial charge on any atom is -0.493 e. The number of carbonyl (C=O) groups is 2. The average molecular weight is 343 g/mol. The number of nitrogens with one attached hydrogen (secondary N) is 3. The van der Waals surface area contributed by atoms with Gasteiger partial charge in [-0.15, -0.1) is 0 Å². The molecule has 7 nitrogen and oxygen atoms in total. The van der Waals surface area contributed by atoms with E-state index >= 15 is 0 Å². The van der Waals surface area contributed by atoms with Gasteiger partial charge in [0, 0.05) is 25.6 Å². The highest BCUT2D eigenvalue weighted by Gasteiger charge is 2.21. The number of carbonyl (C=O) groups excluding carboxylic acids is 2.